The van der Waals surface area contributed by atoms with Crippen LogP contribution in [0.25, 0.3) is 5.52 Å². The lowest BCUT2D eigenvalue weighted by atomic mass is 10.1. The summed E-state index contributed by atoms with van der Waals surface area (Å²) in [5, 5.41) is 7.76. The number of anilines is 1. The summed E-state index contributed by atoms with van der Waals surface area (Å²) in [5.41, 5.74) is 2.19. The van der Waals surface area contributed by atoms with Gasteiger partial charge in [-0.1, -0.05) is 13.8 Å². The van der Waals surface area contributed by atoms with Gasteiger partial charge in [-0.25, -0.2) is 9.50 Å². The van der Waals surface area contributed by atoms with Gasteiger partial charge in [0.05, 0.1) is 5.69 Å². The van der Waals surface area contributed by atoms with Crippen LogP contribution in [-0.4, -0.2) is 41.8 Å². The molecule has 19 heavy (non-hydrogen) atoms. The molecule has 0 atom stereocenters. The number of hydrogen-bond acceptors (Lipinski definition) is 4. The average molecular weight is 261 g/mol. The molecule has 2 heterocycles. The van der Waals surface area contributed by atoms with Crippen LogP contribution < -0.4 is 10.2 Å². The van der Waals surface area contributed by atoms with Gasteiger partial charge in [0.2, 0.25) is 0 Å². The van der Waals surface area contributed by atoms with Crippen molar-refractivity contribution in [3.8, 4) is 0 Å². The molecule has 0 amide bonds. The van der Waals surface area contributed by atoms with Crippen molar-refractivity contribution in [1.82, 2.24) is 19.9 Å². The van der Waals surface area contributed by atoms with Crippen LogP contribution in [0.4, 0.5) is 5.82 Å². The molecule has 0 aliphatic carbocycles. The second-order valence-electron chi connectivity index (χ2n) is 5.18. The van der Waals surface area contributed by atoms with Crippen molar-refractivity contribution in [2.24, 2.45) is 0 Å². The van der Waals surface area contributed by atoms with Crippen molar-refractivity contribution < 1.29 is 0 Å². The Morgan fingerprint density at radius 3 is 2.89 bits per heavy atom. The lowest BCUT2D eigenvalue weighted by Gasteiger charge is -2.18. The Labute approximate surface area is 114 Å². The van der Waals surface area contributed by atoms with Crippen LogP contribution in [-0.2, 0) is 0 Å². The van der Waals surface area contributed by atoms with Crippen LogP contribution in [0.2, 0.25) is 0 Å². The van der Waals surface area contributed by atoms with Crippen molar-refractivity contribution in [1.29, 1.82) is 0 Å². The van der Waals surface area contributed by atoms with Gasteiger partial charge >= 0.3 is 0 Å². The third-order valence-electron chi connectivity index (χ3n) is 3.26. The quantitative estimate of drug-likeness (QED) is 0.807. The highest BCUT2D eigenvalue weighted by Crippen LogP contribution is 2.21. The summed E-state index contributed by atoms with van der Waals surface area (Å²) >= 11 is 0. The van der Waals surface area contributed by atoms with Gasteiger partial charge in [0.15, 0.2) is 5.82 Å². The van der Waals surface area contributed by atoms with E-state index in [0.29, 0.717) is 5.92 Å². The molecule has 2 aromatic rings. The molecule has 0 spiro atoms. The van der Waals surface area contributed by atoms with Gasteiger partial charge < -0.3 is 10.2 Å². The van der Waals surface area contributed by atoms with E-state index in [4.69, 9.17) is 0 Å². The third kappa shape index (κ3) is 3.04. The molecule has 104 valence electrons. The molecule has 0 saturated carbocycles. The molecule has 0 aliphatic rings. The largest absolute Gasteiger partial charge is 0.358 e. The SMILES string of the molecule is CNCCCN(C)c1nccn2nc(C(C)C)cc12. The number of rotatable bonds is 6. The van der Waals surface area contributed by atoms with E-state index in [9.17, 15) is 0 Å². The van der Waals surface area contributed by atoms with Gasteiger partial charge in [0, 0.05) is 26.0 Å². The van der Waals surface area contributed by atoms with E-state index >= 15 is 0 Å². The number of nitrogens with one attached hydrogen (secondary N) is 1. The lowest BCUT2D eigenvalue weighted by Crippen LogP contribution is -2.23. The average Bonchev–Trinajstić information content (AvgIpc) is 2.82. The molecular weight excluding hydrogens is 238 g/mol. The van der Waals surface area contributed by atoms with E-state index in [0.717, 1.165) is 36.5 Å². The van der Waals surface area contributed by atoms with Crippen molar-refractivity contribution in [3.05, 3.63) is 24.2 Å². The van der Waals surface area contributed by atoms with E-state index in [1.165, 1.54) is 0 Å². The Kier molecular flexibility index (Phi) is 4.37. The second kappa shape index (κ2) is 6.02. The topological polar surface area (TPSA) is 45.5 Å². The molecule has 5 nitrogen and oxygen atoms in total. The maximum absolute atomic E-state index is 4.59. The van der Waals surface area contributed by atoms with E-state index in [1.54, 1.807) is 0 Å². The van der Waals surface area contributed by atoms with Crippen LogP contribution in [0.5, 0.6) is 0 Å². The first-order valence-electron chi connectivity index (χ1n) is 6.83. The second-order valence-corrected chi connectivity index (χ2v) is 5.18. The number of nitrogens with zero attached hydrogens (tertiary/aromatic N) is 4. The van der Waals surface area contributed by atoms with Crippen LogP contribution in [0.3, 0.4) is 0 Å². The molecule has 0 radical (unpaired) electrons. The van der Waals surface area contributed by atoms with Crippen LogP contribution >= 0.6 is 0 Å². The van der Waals surface area contributed by atoms with Crippen molar-refractivity contribution in [3.63, 3.8) is 0 Å². The highest BCUT2D eigenvalue weighted by molar-refractivity contribution is 5.68. The molecule has 0 fully saturated rings. The molecule has 0 unspecified atom stereocenters. The predicted octanol–water partition coefficient (Wildman–Crippen LogP) is 1.90. The Morgan fingerprint density at radius 2 is 2.21 bits per heavy atom. The molecule has 0 saturated heterocycles. The Hall–Kier alpha value is -1.62. The highest BCUT2D eigenvalue weighted by atomic mass is 15.3. The molecule has 0 aliphatic heterocycles. The first-order chi connectivity index (χ1) is 9.13. The Balaban J connectivity index is 2.26. The molecule has 2 rings (SSSR count). The standard InChI is InChI=1S/C14H23N5/c1-11(2)12-10-13-14(16-7-9-19(13)17-12)18(4)8-5-6-15-3/h7,9-11,15H,5-6,8H2,1-4H3. The van der Waals surface area contributed by atoms with Crippen molar-refractivity contribution >= 4 is 11.3 Å². The van der Waals surface area contributed by atoms with E-state index in [1.807, 2.05) is 24.0 Å². The maximum Gasteiger partial charge on any atom is 0.154 e. The minimum atomic E-state index is 0.433. The van der Waals surface area contributed by atoms with Gasteiger partial charge in [0.25, 0.3) is 0 Å². The van der Waals surface area contributed by atoms with Gasteiger partial charge in [-0.05, 0) is 32.0 Å². The summed E-state index contributed by atoms with van der Waals surface area (Å²) in [6, 6.07) is 2.14. The summed E-state index contributed by atoms with van der Waals surface area (Å²) in [5.74, 6) is 1.43. The van der Waals surface area contributed by atoms with Crippen molar-refractivity contribution in [2.45, 2.75) is 26.2 Å². The first-order valence-corrected chi connectivity index (χ1v) is 6.83. The molecule has 0 bridgehead atoms. The number of aromatic nitrogens is 3. The lowest BCUT2D eigenvalue weighted by molar-refractivity contribution is 0.708. The molecule has 1 N–H and O–H groups in total. The third-order valence-corrected chi connectivity index (χ3v) is 3.26. The summed E-state index contributed by atoms with van der Waals surface area (Å²) in [6.07, 6.45) is 4.82. The molecule has 0 aromatic carbocycles. The van der Waals surface area contributed by atoms with Gasteiger partial charge in [0.1, 0.15) is 5.52 Å². The van der Waals surface area contributed by atoms with Gasteiger partial charge in [-0.15, -0.1) is 0 Å². The summed E-state index contributed by atoms with van der Waals surface area (Å²) in [6.45, 7) is 6.32. The fourth-order valence-electron chi connectivity index (χ4n) is 2.10. The van der Waals surface area contributed by atoms with Crippen molar-refractivity contribution in [2.75, 3.05) is 32.1 Å². The maximum atomic E-state index is 4.59. The zero-order valence-electron chi connectivity index (χ0n) is 12.2. The van der Waals surface area contributed by atoms with Gasteiger partial charge in [-0.3, -0.25) is 0 Å². The van der Waals surface area contributed by atoms with E-state index < -0.39 is 0 Å². The fraction of sp³-hybridized carbons (Fsp3) is 0.571. The van der Waals surface area contributed by atoms with E-state index in [2.05, 4.69) is 47.3 Å². The van der Waals surface area contributed by atoms with Crippen LogP contribution in [0.1, 0.15) is 31.9 Å². The highest BCUT2D eigenvalue weighted by Gasteiger charge is 2.12. The Morgan fingerprint density at radius 1 is 1.42 bits per heavy atom. The first kappa shape index (κ1) is 13.8. The smallest absolute Gasteiger partial charge is 0.154 e. The summed E-state index contributed by atoms with van der Waals surface area (Å²) in [4.78, 5) is 6.70. The number of hydrogen-bond donors (Lipinski definition) is 1. The monoisotopic (exact) mass is 261 g/mol. The molecule has 2 aromatic heterocycles. The zero-order chi connectivity index (χ0) is 13.8. The Bertz CT molecular complexity index is 532. The minimum Gasteiger partial charge on any atom is -0.358 e. The number of fused-ring (bicyclic) bond motifs is 1. The van der Waals surface area contributed by atoms with E-state index in [-0.39, 0.29) is 0 Å². The zero-order valence-corrected chi connectivity index (χ0v) is 12.2. The normalized spacial score (nSPS) is 11.4. The van der Waals surface area contributed by atoms with Crippen LogP contribution in [0, 0.1) is 0 Å². The summed E-state index contributed by atoms with van der Waals surface area (Å²) < 4.78 is 1.92. The molecular formula is C14H23N5. The summed E-state index contributed by atoms with van der Waals surface area (Å²) in [7, 11) is 4.06. The minimum absolute atomic E-state index is 0.433. The predicted molar refractivity (Wildman–Crippen MR) is 78.9 cm³/mol. The molecule has 5 heteroatoms. The van der Waals surface area contributed by atoms with Gasteiger partial charge in [-0.2, -0.15) is 5.10 Å². The van der Waals surface area contributed by atoms with Crippen LogP contribution in [0.15, 0.2) is 18.5 Å². The fourth-order valence-corrected chi connectivity index (χ4v) is 2.10.